The molecule has 11 N–H and O–H groups in total. The zero-order valence-electron chi connectivity index (χ0n) is 17.3. The smallest absolute Gasteiger partial charge is 0.326 e. The second kappa shape index (κ2) is 13.0. The van der Waals surface area contributed by atoms with E-state index in [0.29, 0.717) is 5.69 Å². The van der Waals surface area contributed by atoms with Crippen LogP contribution in [-0.4, -0.2) is 80.5 Å². The van der Waals surface area contributed by atoms with Crippen molar-refractivity contribution >= 4 is 48.1 Å². The van der Waals surface area contributed by atoms with E-state index in [1.165, 1.54) is 12.5 Å². The molecule has 1 heterocycles. The van der Waals surface area contributed by atoms with Crippen LogP contribution in [0.3, 0.4) is 0 Å². The highest BCUT2D eigenvalue weighted by molar-refractivity contribution is 7.80. The lowest BCUT2D eigenvalue weighted by atomic mass is 10.1. The number of hydrogen-bond donors (Lipinski definition) is 9. The van der Waals surface area contributed by atoms with Gasteiger partial charge in [-0.05, 0) is 0 Å². The Morgan fingerprint density at radius 2 is 1.45 bits per heavy atom. The molecule has 33 heavy (non-hydrogen) atoms. The van der Waals surface area contributed by atoms with E-state index in [1.54, 1.807) is 0 Å². The number of carboxylic acids is 1. The zero-order chi connectivity index (χ0) is 25.1. The molecular formula is C17H26N8O7S. The van der Waals surface area contributed by atoms with Crippen LogP contribution in [-0.2, 0) is 35.2 Å². The summed E-state index contributed by atoms with van der Waals surface area (Å²) in [6.07, 6.45) is 1.59. The number of H-pyrrole nitrogens is 1. The van der Waals surface area contributed by atoms with Gasteiger partial charge in [0, 0.05) is 24.1 Å². The fourth-order valence-electron chi connectivity index (χ4n) is 2.56. The summed E-state index contributed by atoms with van der Waals surface area (Å²) in [6.45, 7) is 0. The third kappa shape index (κ3) is 9.56. The minimum Gasteiger partial charge on any atom is -0.480 e. The number of imidazole rings is 1. The van der Waals surface area contributed by atoms with E-state index in [-0.39, 0.29) is 12.2 Å². The van der Waals surface area contributed by atoms with Gasteiger partial charge in [-0.15, -0.1) is 0 Å². The summed E-state index contributed by atoms with van der Waals surface area (Å²) in [5.41, 5.74) is 16.5. The first kappa shape index (κ1) is 27.4. The SMILES string of the molecule is NC(=O)CC(NC(=O)C(CC(N)=O)NC(=O)C(CS)NC(=O)C(N)Cc1cnc[nH]1)C(=O)O. The Kier molecular flexibility index (Phi) is 10.8. The van der Waals surface area contributed by atoms with Crippen molar-refractivity contribution in [3.8, 4) is 0 Å². The fourth-order valence-corrected chi connectivity index (χ4v) is 2.81. The van der Waals surface area contributed by atoms with Gasteiger partial charge in [-0.3, -0.25) is 24.0 Å². The second-order valence-electron chi connectivity index (χ2n) is 6.93. The number of hydrogen-bond acceptors (Lipinski definition) is 9. The Morgan fingerprint density at radius 3 is 1.94 bits per heavy atom. The van der Waals surface area contributed by atoms with Crippen molar-refractivity contribution in [1.29, 1.82) is 0 Å². The van der Waals surface area contributed by atoms with Crippen LogP contribution in [0.2, 0.25) is 0 Å². The van der Waals surface area contributed by atoms with Crippen molar-refractivity contribution in [2.75, 3.05) is 5.75 Å². The molecule has 0 fully saturated rings. The number of thiol groups is 1. The lowest BCUT2D eigenvalue weighted by Gasteiger charge is -2.23. The normalized spacial score (nSPS) is 14.2. The minimum absolute atomic E-state index is 0.107. The molecule has 0 aliphatic carbocycles. The van der Waals surface area contributed by atoms with Crippen molar-refractivity contribution in [3.63, 3.8) is 0 Å². The summed E-state index contributed by atoms with van der Waals surface area (Å²) in [7, 11) is 0. The number of primary amides is 2. The Morgan fingerprint density at radius 1 is 0.939 bits per heavy atom. The molecule has 1 rings (SSSR count). The third-order valence-electron chi connectivity index (χ3n) is 4.21. The summed E-state index contributed by atoms with van der Waals surface area (Å²) in [5.74, 6) is -6.43. The Balaban J connectivity index is 2.83. The highest BCUT2D eigenvalue weighted by Crippen LogP contribution is 2.01. The number of nitrogens with two attached hydrogens (primary N) is 3. The lowest BCUT2D eigenvalue weighted by molar-refractivity contribution is -0.144. The van der Waals surface area contributed by atoms with Crippen molar-refractivity contribution in [2.24, 2.45) is 17.2 Å². The molecule has 0 aromatic carbocycles. The zero-order valence-corrected chi connectivity index (χ0v) is 18.2. The highest BCUT2D eigenvalue weighted by atomic mass is 32.1. The molecule has 182 valence electrons. The van der Waals surface area contributed by atoms with Crippen molar-refractivity contribution in [1.82, 2.24) is 25.9 Å². The first-order valence-electron chi connectivity index (χ1n) is 9.48. The second-order valence-corrected chi connectivity index (χ2v) is 7.30. The maximum absolute atomic E-state index is 12.6. The van der Waals surface area contributed by atoms with Gasteiger partial charge < -0.3 is 43.2 Å². The van der Waals surface area contributed by atoms with Gasteiger partial charge in [0.1, 0.15) is 18.1 Å². The molecule has 0 saturated heterocycles. The molecule has 0 radical (unpaired) electrons. The monoisotopic (exact) mass is 486 g/mol. The molecular weight excluding hydrogens is 460 g/mol. The van der Waals surface area contributed by atoms with Crippen molar-refractivity contribution in [3.05, 3.63) is 18.2 Å². The fraction of sp³-hybridized carbons (Fsp3) is 0.471. The average Bonchev–Trinajstić information content (AvgIpc) is 3.22. The first-order chi connectivity index (χ1) is 15.4. The highest BCUT2D eigenvalue weighted by Gasteiger charge is 2.31. The van der Waals surface area contributed by atoms with E-state index < -0.39 is 72.5 Å². The number of rotatable bonds is 14. The first-order valence-corrected chi connectivity index (χ1v) is 10.1. The number of amides is 5. The van der Waals surface area contributed by atoms with Crippen LogP contribution in [0.5, 0.6) is 0 Å². The number of aliphatic carboxylic acids is 1. The molecule has 1 aromatic heterocycles. The maximum Gasteiger partial charge on any atom is 0.326 e. The minimum atomic E-state index is -1.69. The molecule has 4 atom stereocenters. The summed E-state index contributed by atoms with van der Waals surface area (Å²) >= 11 is 4.00. The van der Waals surface area contributed by atoms with E-state index in [4.69, 9.17) is 22.3 Å². The number of aromatic amines is 1. The largest absolute Gasteiger partial charge is 0.480 e. The molecule has 0 spiro atoms. The molecule has 5 amide bonds. The van der Waals surface area contributed by atoms with E-state index >= 15 is 0 Å². The van der Waals surface area contributed by atoms with Gasteiger partial charge in [0.2, 0.25) is 29.5 Å². The number of nitrogens with one attached hydrogen (secondary N) is 4. The Labute approximate surface area is 193 Å². The topological polar surface area (TPSA) is 265 Å². The van der Waals surface area contributed by atoms with Gasteiger partial charge in [-0.1, -0.05) is 0 Å². The molecule has 4 unspecified atom stereocenters. The van der Waals surface area contributed by atoms with Crippen LogP contribution >= 0.6 is 12.6 Å². The summed E-state index contributed by atoms with van der Waals surface area (Å²) < 4.78 is 0. The van der Waals surface area contributed by atoms with Crippen LogP contribution in [0.1, 0.15) is 18.5 Å². The molecule has 0 bridgehead atoms. The van der Waals surface area contributed by atoms with Gasteiger partial charge in [0.25, 0.3) is 0 Å². The molecule has 15 nitrogen and oxygen atoms in total. The summed E-state index contributed by atoms with van der Waals surface area (Å²) in [5, 5.41) is 15.7. The van der Waals surface area contributed by atoms with Gasteiger partial charge in [-0.25, -0.2) is 9.78 Å². The summed E-state index contributed by atoms with van der Waals surface area (Å²) in [4.78, 5) is 77.5. The van der Waals surface area contributed by atoms with Crippen LogP contribution in [0.25, 0.3) is 0 Å². The molecule has 0 saturated carbocycles. The van der Waals surface area contributed by atoms with Crippen LogP contribution in [0.15, 0.2) is 12.5 Å². The van der Waals surface area contributed by atoms with Gasteiger partial charge in [-0.2, -0.15) is 12.6 Å². The van der Waals surface area contributed by atoms with Crippen LogP contribution < -0.4 is 33.2 Å². The molecule has 1 aromatic rings. The van der Waals surface area contributed by atoms with E-state index in [9.17, 15) is 28.8 Å². The third-order valence-corrected chi connectivity index (χ3v) is 4.57. The van der Waals surface area contributed by atoms with Crippen LogP contribution in [0, 0.1) is 0 Å². The van der Waals surface area contributed by atoms with Gasteiger partial charge in [0.15, 0.2) is 0 Å². The summed E-state index contributed by atoms with van der Waals surface area (Å²) in [6, 6.07) is -5.57. The maximum atomic E-state index is 12.6. The lowest BCUT2D eigenvalue weighted by Crippen LogP contribution is -2.58. The standard InChI is InChI=1S/C17H26N8O7S/c18-8(1-7-4-21-6-22-7)14(28)25-11(5-33)16(30)23-9(2-12(19)26)15(29)24-10(17(31)32)3-13(20)27/h4,6,8-11,33H,1-3,5,18H2,(H2,19,26)(H2,20,27)(H,21,22)(H,23,30)(H,24,29)(H,25,28)(H,31,32). The van der Waals surface area contributed by atoms with Gasteiger partial charge in [0.05, 0.1) is 25.2 Å². The number of carbonyl (C=O) groups excluding carboxylic acids is 5. The Bertz CT molecular complexity index is 879. The van der Waals surface area contributed by atoms with Crippen molar-refractivity contribution in [2.45, 2.75) is 43.4 Å². The average molecular weight is 487 g/mol. The predicted octanol–water partition coefficient (Wildman–Crippen LogP) is -4.50. The number of carbonyl (C=O) groups is 6. The predicted molar refractivity (Wildman–Crippen MR) is 115 cm³/mol. The number of aromatic nitrogens is 2. The quantitative estimate of drug-likeness (QED) is 0.114. The van der Waals surface area contributed by atoms with Crippen LogP contribution in [0.4, 0.5) is 0 Å². The molecule has 0 aliphatic heterocycles. The van der Waals surface area contributed by atoms with Crippen molar-refractivity contribution < 1.29 is 33.9 Å². The number of nitrogens with zero attached hydrogens (tertiary/aromatic N) is 1. The molecule has 16 heteroatoms. The number of carboxylic acid groups (broad SMARTS) is 1. The van der Waals surface area contributed by atoms with E-state index in [0.717, 1.165) is 0 Å². The van der Waals surface area contributed by atoms with E-state index in [1.807, 2.05) is 5.32 Å². The molecule has 0 aliphatic rings. The van der Waals surface area contributed by atoms with E-state index in [2.05, 4.69) is 33.2 Å². The van der Waals surface area contributed by atoms with Gasteiger partial charge >= 0.3 is 5.97 Å². The Hall–Kier alpha value is -3.66.